The van der Waals surface area contributed by atoms with Gasteiger partial charge in [0.15, 0.2) is 5.11 Å². The minimum atomic E-state index is -1.09. The number of rotatable bonds is 6. The quantitative estimate of drug-likeness (QED) is 0.421. The average Bonchev–Trinajstić information content (AvgIpc) is 2.74. The molecule has 5 nitrogen and oxygen atoms in total. The van der Waals surface area contributed by atoms with Crippen LogP contribution in [0.1, 0.15) is 12.5 Å². The number of aliphatic carboxylic acids is 1. The zero-order chi connectivity index (χ0) is 21.5. The van der Waals surface area contributed by atoms with E-state index in [0.29, 0.717) is 34.3 Å². The first-order chi connectivity index (χ1) is 14.5. The summed E-state index contributed by atoms with van der Waals surface area (Å²) < 4.78 is 14.6. The van der Waals surface area contributed by atoms with Crippen molar-refractivity contribution in [2.45, 2.75) is 6.92 Å². The van der Waals surface area contributed by atoms with Crippen molar-refractivity contribution in [3.63, 3.8) is 0 Å². The summed E-state index contributed by atoms with van der Waals surface area (Å²) in [5.74, 6) is -0.980. The van der Waals surface area contributed by atoms with Crippen LogP contribution in [0.4, 0.5) is 15.9 Å². The molecule has 152 valence electrons. The molecule has 30 heavy (non-hydrogen) atoms. The Bertz CT molecular complexity index is 1090. The van der Waals surface area contributed by atoms with Gasteiger partial charge in [-0.1, -0.05) is 30.3 Å². The van der Waals surface area contributed by atoms with Crippen molar-refractivity contribution in [3.8, 4) is 11.3 Å². The van der Waals surface area contributed by atoms with E-state index in [1.165, 1.54) is 12.1 Å². The molecule has 3 aromatic rings. The number of anilines is 2. The Kier molecular flexibility index (Phi) is 6.87. The van der Waals surface area contributed by atoms with Gasteiger partial charge in [-0.05, 0) is 67.2 Å². The fourth-order valence-electron chi connectivity index (χ4n) is 2.86. The average molecular weight is 421 g/mol. The molecule has 0 aliphatic carbocycles. The SMILES string of the molecule is CCN(C(=S)Nc1ccccc1)c1cccc(-c2ccc(C=CC(=O)O)cc2F)n1. The Labute approximate surface area is 179 Å². The van der Waals surface area contributed by atoms with Crippen molar-refractivity contribution >= 4 is 40.9 Å². The number of benzene rings is 2. The molecule has 0 saturated heterocycles. The molecule has 0 saturated carbocycles. The van der Waals surface area contributed by atoms with Gasteiger partial charge < -0.3 is 15.3 Å². The molecule has 0 aliphatic heterocycles. The molecule has 0 amide bonds. The topological polar surface area (TPSA) is 65.5 Å². The summed E-state index contributed by atoms with van der Waals surface area (Å²) in [6.45, 7) is 2.54. The van der Waals surface area contributed by atoms with Gasteiger partial charge in [-0.2, -0.15) is 0 Å². The summed E-state index contributed by atoms with van der Waals surface area (Å²) >= 11 is 5.54. The molecule has 3 rings (SSSR count). The van der Waals surface area contributed by atoms with E-state index in [2.05, 4.69) is 10.3 Å². The molecule has 0 spiro atoms. The van der Waals surface area contributed by atoms with Gasteiger partial charge in [0.05, 0.1) is 5.69 Å². The molecule has 2 N–H and O–H groups in total. The molecule has 2 aromatic carbocycles. The van der Waals surface area contributed by atoms with Crippen LogP contribution >= 0.6 is 12.2 Å². The zero-order valence-corrected chi connectivity index (χ0v) is 17.1. The first-order valence-electron chi connectivity index (χ1n) is 9.29. The van der Waals surface area contributed by atoms with Gasteiger partial charge >= 0.3 is 5.97 Å². The number of halogens is 1. The van der Waals surface area contributed by atoms with Crippen molar-refractivity contribution in [1.29, 1.82) is 0 Å². The van der Waals surface area contributed by atoms with Crippen LogP contribution in [0.2, 0.25) is 0 Å². The van der Waals surface area contributed by atoms with Crippen LogP contribution in [-0.2, 0) is 4.79 Å². The van der Waals surface area contributed by atoms with E-state index in [1.807, 2.05) is 48.2 Å². The van der Waals surface area contributed by atoms with Crippen molar-refractivity contribution in [2.24, 2.45) is 0 Å². The second-order valence-electron chi connectivity index (χ2n) is 6.33. The number of aromatic nitrogens is 1. The van der Waals surface area contributed by atoms with Gasteiger partial charge in [-0.15, -0.1) is 0 Å². The fourth-order valence-corrected chi connectivity index (χ4v) is 3.20. The summed E-state index contributed by atoms with van der Waals surface area (Å²) in [6.07, 6.45) is 2.30. The van der Waals surface area contributed by atoms with Crippen molar-refractivity contribution in [1.82, 2.24) is 4.98 Å². The number of carbonyl (C=O) groups is 1. The van der Waals surface area contributed by atoms with Gasteiger partial charge in [0.25, 0.3) is 0 Å². The van der Waals surface area contributed by atoms with Crippen molar-refractivity contribution in [2.75, 3.05) is 16.8 Å². The predicted molar refractivity (Wildman–Crippen MR) is 122 cm³/mol. The van der Waals surface area contributed by atoms with Crippen LogP contribution in [0.25, 0.3) is 17.3 Å². The maximum atomic E-state index is 14.6. The Morgan fingerprint density at radius 3 is 2.60 bits per heavy atom. The van der Waals surface area contributed by atoms with E-state index in [0.717, 1.165) is 11.8 Å². The van der Waals surface area contributed by atoms with E-state index in [1.54, 1.807) is 24.3 Å². The summed E-state index contributed by atoms with van der Waals surface area (Å²) in [4.78, 5) is 17.1. The van der Waals surface area contributed by atoms with E-state index >= 15 is 0 Å². The lowest BCUT2D eigenvalue weighted by Gasteiger charge is -2.24. The van der Waals surface area contributed by atoms with E-state index in [-0.39, 0.29) is 0 Å². The zero-order valence-electron chi connectivity index (χ0n) is 16.2. The lowest BCUT2D eigenvalue weighted by atomic mass is 10.1. The highest BCUT2D eigenvalue weighted by molar-refractivity contribution is 7.80. The number of hydrogen-bond acceptors (Lipinski definition) is 3. The molecule has 1 aromatic heterocycles. The van der Waals surface area contributed by atoms with Gasteiger partial charge in [0.1, 0.15) is 11.6 Å². The highest BCUT2D eigenvalue weighted by Crippen LogP contribution is 2.25. The third-order valence-electron chi connectivity index (χ3n) is 4.28. The number of para-hydroxylation sites is 1. The minimum absolute atomic E-state index is 0.322. The van der Waals surface area contributed by atoms with Crippen LogP contribution in [0.3, 0.4) is 0 Å². The Balaban J connectivity index is 1.86. The summed E-state index contributed by atoms with van der Waals surface area (Å²) in [7, 11) is 0. The summed E-state index contributed by atoms with van der Waals surface area (Å²) in [5.41, 5.74) is 2.11. The normalized spacial score (nSPS) is 10.7. The second-order valence-corrected chi connectivity index (χ2v) is 6.72. The molecule has 0 aliphatic rings. The molecule has 0 bridgehead atoms. The first-order valence-corrected chi connectivity index (χ1v) is 9.70. The maximum Gasteiger partial charge on any atom is 0.328 e. The standard InChI is InChI=1S/C23H20FN3O2S/c1-2-27(23(30)25-17-7-4-3-5-8-17)21-10-6-9-20(26-21)18-13-11-16(15-19(18)24)12-14-22(28)29/h3-15H,2H2,1H3,(H,25,30)(H,28,29). The first kappa shape index (κ1) is 21.1. The van der Waals surface area contributed by atoms with Crippen molar-refractivity contribution < 1.29 is 14.3 Å². The number of hydrogen-bond donors (Lipinski definition) is 2. The molecule has 0 fully saturated rings. The number of carboxylic acid groups (broad SMARTS) is 1. The molecule has 7 heteroatoms. The molecular weight excluding hydrogens is 401 g/mol. The monoisotopic (exact) mass is 421 g/mol. The van der Waals surface area contributed by atoms with Crippen LogP contribution in [0.15, 0.2) is 72.8 Å². The summed E-state index contributed by atoms with van der Waals surface area (Å²) in [6, 6.07) is 19.4. The van der Waals surface area contributed by atoms with Crippen LogP contribution in [0, 0.1) is 5.82 Å². The maximum absolute atomic E-state index is 14.6. The lowest BCUT2D eigenvalue weighted by molar-refractivity contribution is -0.131. The molecule has 0 unspecified atom stereocenters. The van der Waals surface area contributed by atoms with Gasteiger partial charge in [-0.3, -0.25) is 0 Å². The van der Waals surface area contributed by atoms with Gasteiger partial charge in [-0.25, -0.2) is 14.2 Å². The number of carboxylic acids is 1. The predicted octanol–water partition coefficient (Wildman–Crippen LogP) is 5.21. The van der Waals surface area contributed by atoms with Gasteiger partial charge in [0.2, 0.25) is 0 Å². The third-order valence-corrected chi connectivity index (χ3v) is 4.61. The number of nitrogens with one attached hydrogen (secondary N) is 1. The van der Waals surface area contributed by atoms with E-state index in [4.69, 9.17) is 17.3 Å². The molecule has 0 radical (unpaired) electrons. The highest BCUT2D eigenvalue weighted by Gasteiger charge is 2.14. The van der Waals surface area contributed by atoms with Crippen LogP contribution in [-0.4, -0.2) is 27.7 Å². The minimum Gasteiger partial charge on any atom is -0.478 e. The Morgan fingerprint density at radius 1 is 1.17 bits per heavy atom. The molecule has 1 heterocycles. The largest absolute Gasteiger partial charge is 0.478 e. The molecule has 0 atom stereocenters. The third kappa shape index (κ3) is 5.27. The number of thiocarbonyl (C=S) groups is 1. The van der Waals surface area contributed by atoms with Gasteiger partial charge in [0, 0.05) is 23.9 Å². The van der Waals surface area contributed by atoms with Crippen molar-refractivity contribution in [3.05, 3.63) is 84.2 Å². The summed E-state index contributed by atoms with van der Waals surface area (Å²) in [5, 5.41) is 12.4. The second kappa shape index (κ2) is 9.76. The smallest absolute Gasteiger partial charge is 0.328 e. The number of pyridine rings is 1. The number of nitrogens with zero attached hydrogens (tertiary/aromatic N) is 2. The van der Waals surface area contributed by atoms with Crippen LogP contribution < -0.4 is 10.2 Å². The van der Waals surface area contributed by atoms with E-state index < -0.39 is 11.8 Å². The van der Waals surface area contributed by atoms with Crippen LogP contribution in [0.5, 0.6) is 0 Å². The highest BCUT2D eigenvalue weighted by atomic mass is 32.1. The fraction of sp³-hybridized carbons (Fsp3) is 0.0870. The Morgan fingerprint density at radius 2 is 1.93 bits per heavy atom. The molecular formula is C23H20FN3O2S. The lowest BCUT2D eigenvalue weighted by Crippen LogP contribution is -2.35. The van der Waals surface area contributed by atoms with E-state index in [9.17, 15) is 9.18 Å². The Hall–Kier alpha value is -3.58.